The number of ether oxygens (including phenoxy) is 1. The van der Waals surface area contributed by atoms with Crippen molar-refractivity contribution in [2.75, 3.05) is 11.9 Å². The zero-order valence-corrected chi connectivity index (χ0v) is 14.5. The van der Waals surface area contributed by atoms with E-state index in [1.54, 1.807) is 11.3 Å². The maximum Gasteiger partial charge on any atom is 0.341 e. The molecule has 2 rings (SSSR count). The molecular formula is C17H25NO3S. The molecule has 1 aromatic rings. The number of amides is 1. The van der Waals surface area contributed by atoms with E-state index in [-0.39, 0.29) is 17.8 Å². The number of hydrogen-bond donors (Lipinski definition) is 1. The van der Waals surface area contributed by atoms with Crippen LogP contribution in [0.3, 0.4) is 0 Å². The van der Waals surface area contributed by atoms with E-state index < -0.39 is 0 Å². The van der Waals surface area contributed by atoms with E-state index in [9.17, 15) is 9.59 Å². The van der Waals surface area contributed by atoms with E-state index in [1.807, 2.05) is 20.8 Å². The van der Waals surface area contributed by atoms with E-state index in [2.05, 4.69) is 5.32 Å². The first kappa shape index (κ1) is 17.0. The van der Waals surface area contributed by atoms with Crippen LogP contribution in [0.2, 0.25) is 0 Å². The minimum absolute atomic E-state index is 0.0547. The molecule has 122 valence electrons. The van der Waals surface area contributed by atoms with Crippen molar-refractivity contribution in [3.63, 3.8) is 0 Å². The summed E-state index contributed by atoms with van der Waals surface area (Å²) in [4.78, 5) is 25.7. The van der Waals surface area contributed by atoms with Gasteiger partial charge in [-0.1, -0.05) is 27.2 Å². The van der Waals surface area contributed by atoms with E-state index in [0.29, 0.717) is 17.2 Å². The minimum Gasteiger partial charge on any atom is -0.462 e. The standard InChI is InChI=1S/C17H25NO3S/c1-4-10-21-17(20)14-12-8-6-5-7-9-13(12)22-16(14)18-15(19)11(2)3/h11H,4-10H2,1-3H3,(H,18,19). The average Bonchev–Trinajstić information content (AvgIpc) is 2.66. The second kappa shape index (κ2) is 7.77. The van der Waals surface area contributed by atoms with E-state index in [1.165, 1.54) is 11.3 Å². The molecule has 0 saturated heterocycles. The lowest BCUT2D eigenvalue weighted by Crippen LogP contribution is -2.19. The molecule has 0 bridgehead atoms. The van der Waals surface area contributed by atoms with Crippen LogP contribution in [0.25, 0.3) is 0 Å². The van der Waals surface area contributed by atoms with Crippen LogP contribution in [0.15, 0.2) is 0 Å². The maximum atomic E-state index is 12.5. The van der Waals surface area contributed by atoms with Gasteiger partial charge in [-0.3, -0.25) is 4.79 Å². The van der Waals surface area contributed by atoms with Crippen LogP contribution >= 0.6 is 11.3 Å². The van der Waals surface area contributed by atoms with Gasteiger partial charge in [0.1, 0.15) is 5.00 Å². The molecule has 1 aliphatic carbocycles. The smallest absolute Gasteiger partial charge is 0.341 e. The molecule has 0 radical (unpaired) electrons. The number of carbonyl (C=O) groups excluding carboxylic acids is 2. The average molecular weight is 323 g/mol. The molecule has 4 nitrogen and oxygen atoms in total. The minimum atomic E-state index is -0.291. The number of nitrogens with one attached hydrogen (secondary N) is 1. The first-order valence-corrected chi connectivity index (χ1v) is 8.98. The summed E-state index contributed by atoms with van der Waals surface area (Å²) < 4.78 is 5.34. The predicted molar refractivity (Wildman–Crippen MR) is 89.6 cm³/mol. The summed E-state index contributed by atoms with van der Waals surface area (Å²) in [6.45, 7) is 6.09. The Kier molecular flexibility index (Phi) is 6.00. The van der Waals surface area contributed by atoms with Crippen LogP contribution in [0.1, 0.15) is 67.3 Å². The highest BCUT2D eigenvalue weighted by atomic mass is 32.1. The Morgan fingerprint density at radius 3 is 2.64 bits per heavy atom. The molecule has 5 heteroatoms. The van der Waals surface area contributed by atoms with Crippen molar-refractivity contribution >= 4 is 28.2 Å². The molecule has 0 fully saturated rings. The van der Waals surface area contributed by atoms with E-state index in [4.69, 9.17) is 4.74 Å². The summed E-state index contributed by atoms with van der Waals surface area (Å²) in [7, 11) is 0. The largest absolute Gasteiger partial charge is 0.462 e. The molecule has 0 aliphatic heterocycles. The lowest BCUT2D eigenvalue weighted by Gasteiger charge is -2.10. The Hall–Kier alpha value is -1.36. The Morgan fingerprint density at radius 2 is 1.95 bits per heavy atom. The van der Waals surface area contributed by atoms with Crippen LogP contribution in [-0.4, -0.2) is 18.5 Å². The normalized spacial score (nSPS) is 14.4. The Labute approximate surface area is 136 Å². The fourth-order valence-electron chi connectivity index (χ4n) is 2.57. The number of carbonyl (C=O) groups is 2. The highest BCUT2D eigenvalue weighted by Crippen LogP contribution is 2.38. The fraction of sp³-hybridized carbons (Fsp3) is 0.647. The Balaban J connectivity index is 2.34. The number of esters is 1. The van der Waals surface area contributed by atoms with Gasteiger partial charge >= 0.3 is 5.97 Å². The Morgan fingerprint density at radius 1 is 1.23 bits per heavy atom. The number of thiophene rings is 1. The Bertz CT molecular complexity index is 548. The molecule has 1 N–H and O–H groups in total. The monoisotopic (exact) mass is 323 g/mol. The van der Waals surface area contributed by atoms with Crippen LogP contribution in [0.4, 0.5) is 5.00 Å². The third kappa shape index (κ3) is 3.88. The number of hydrogen-bond acceptors (Lipinski definition) is 4. The predicted octanol–water partition coefficient (Wildman–Crippen LogP) is 4.18. The zero-order chi connectivity index (χ0) is 16.1. The van der Waals surface area contributed by atoms with Gasteiger partial charge in [-0.2, -0.15) is 0 Å². The van der Waals surface area contributed by atoms with Crippen LogP contribution in [0.5, 0.6) is 0 Å². The molecule has 1 heterocycles. The quantitative estimate of drug-likeness (QED) is 0.653. The van der Waals surface area contributed by atoms with E-state index >= 15 is 0 Å². The second-order valence-electron chi connectivity index (χ2n) is 6.05. The summed E-state index contributed by atoms with van der Waals surface area (Å²) in [5, 5.41) is 3.60. The lowest BCUT2D eigenvalue weighted by atomic mass is 10.1. The van der Waals surface area contributed by atoms with Crippen LogP contribution < -0.4 is 5.32 Å². The second-order valence-corrected chi connectivity index (χ2v) is 7.15. The van der Waals surface area contributed by atoms with Crippen molar-refractivity contribution in [3.8, 4) is 0 Å². The number of fused-ring (bicyclic) bond motifs is 1. The molecule has 0 saturated carbocycles. The van der Waals surface area contributed by atoms with Gasteiger partial charge < -0.3 is 10.1 Å². The SMILES string of the molecule is CCCOC(=O)c1c(NC(=O)C(C)C)sc2c1CCCCC2. The van der Waals surface area contributed by atoms with E-state index in [0.717, 1.165) is 37.7 Å². The summed E-state index contributed by atoms with van der Waals surface area (Å²) in [6.07, 6.45) is 6.12. The number of aryl methyl sites for hydroxylation is 1. The summed E-state index contributed by atoms with van der Waals surface area (Å²) >= 11 is 1.55. The number of anilines is 1. The molecule has 0 atom stereocenters. The van der Waals surface area contributed by atoms with Crippen molar-refractivity contribution in [2.24, 2.45) is 5.92 Å². The van der Waals surface area contributed by atoms with Crippen molar-refractivity contribution in [2.45, 2.75) is 59.3 Å². The molecule has 1 aromatic heterocycles. The summed E-state index contributed by atoms with van der Waals surface area (Å²) in [5.74, 6) is -0.456. The number of rotatable bonds is 5. The van der Waals surface area contributed by atoms with Gasteiger partial charge in [0.05, 0.1) is 12.2 Å². The lowest BCUT2D eigenvalue weighted by molar-refractivity contribution is -0.118. The van der Waals surface area contributed by atoms with Crippen molar-refractivity contribution in [3.05, 3.63) is 16.0 Å². The molecule has 0 spiro atoms. The van der Waals surface area contributed by atoms with Crippen LogP contribution in [0, 0.1) is 5.92 Å². The summed E-state index contributed by atoms with van der Waals surface area (Å²) in [5.41, 5.74) is 1.70. The molecule has 0 aromatic carbocycles. The first-order chi connectivity index (χ1) is 10.5. The van der Waals surface area contributed by atoms with Crippen LogP contribution in [-0.2, 0) is 22.4 Å². The van der Waals surface area contributed by atoms with Crippen molar-refractivity contribution in [1.82, 2.24) is 0 Å². The molecule has 1 amide bonds. The molecular weight excluding hydrogens is 298 g/mol. The maximum absolute atomic E-state index is 12.5. The highest BCUT2D eigenvalue weighted by Gasteiger charge is 2.27. The zero-order valence-electron chi connectivity index (χ0n) is 13.7. The topological polar surface area (TPSA) is 55.4 Å². The third-order valence-electron chi connectivity index (χ3n) is 3.82. The van der Waals surface area contributed by atoms with Gasteiger partial charge in [0.2, 0.25) is 5.91 Å². The van der Waals surface area contributed by atoms with Crippen molar-refractivity contribution in [1.29, 1.82) is 0 Å². The first-order valence-electron chi connectivity index (χ1n) is 8.17. The van der Waals surface area contributed by atoms with Gasteiger partial charge in [0, 0.05) is 10.8 Å². The third-order valence-corrected chi connectivity index (χ3v) is 5.03. The highest BCUT2D eigenvalue weighted by molar-refractivity contribution is 7.17. The molecule has 1 aliphatic rings. The summed E-state index contributed by atoms with van der Waals surface area (Å²) in [6, 6.07) is 0. The molecule has 22 heavy (non-hydrogen) atoms. The molecule has 0 unspecified atom stereocenters. The van der Waals surface area contributed by atoms with Gasteiger partial charge in [-0.15, -0.1) is 11.3 Å². The van der Waals surface area contributed by atoms with Gasteiger partial charge in [0.25, 0.3) is 0 Å². The van der Waals surface area contributed by atoms with Gasteiger partial charge in [0.15, 0.2) is 0 Å². The van der Waals surface area contributed by atoms with Crippen molar-refractivity contribution < 1.29 is 14.3 Å². The van der Waals surface area contributed by atoms with Gasteiger partial charge in [-0.25, -0.2) is 4.79 Å². The van der Waals surface area contributed by atoms with Gasteiger partial charge in [-0.05, 0) is 37.7 Å². The fourth-order valence-corrected chi connectivity index (χ4v) is 3.85.